The third-order valence-corrected chi connectivity index (χ3v) is 6.14. The van der Waals surface area contributed by atoms with Gasteiger partial charge >= 0.3 is 6.03 Å². The van der Waals surface area contributed by atoms with Crippen molar-refractivity contribution in [2.24, 2.45) is 0 Å². The van der Waals surface area contributed by atoms with Crippen molar-refractivity contribution >= 4 is 29.2 Å². The van der Waals surface area contributed by atoms with Crippen LogP contribution in [-0.4, -0.2) is 47.9 Å². The molecular weight excluding hydrogens is 356 g/mol. The third kappa shape index (κ3) is 3.70. The highest BCUT2D eigenvalue weighted by atomic mass is 16.2. The van der Waals surface area contributed by atoms with Crippen LogP contribution in [-0.2, 0) is 9.59 Å². The van der Waals surface area contributed by atoms with Crippen LogP contribution in [0.15, 0.2) is 24.3 Å². The number of anilines is 2. The Morgan fingerprint density at radius 1 is 1.00 bits per heavy atom. The average Bonchev–Trinajstić information content (AvgIpc) is 3.27. The van der Waals surface area contributed by atoms with Gasteiger partial charge in [0.05, 0.1) is 0 Å². The van der Waals surface area contributed by atoms with E-state index < -0.39 is 5.54 Å². The number of carbonyl (C=O) groups is 3. The molecule has 2 aliphatic heterocycles. The maximum atomic E-state index is 12.6. The number of urea groups is 1. The van der Waals surface area contributed by atoms with Crippen molar-refractivity contribution in [3.63, 3.8) is 0 Å². The van der Waals surface area contributed by atoms with E-state index in [1.54, 1.807) is 0 Å². The molecule has 2 saturated heterocycles. The minimum absolute atomic E-state index is 0.100. The van der Waals surface area contributed by atoms with Crippen molar-refractivity contribution in [1.82, 2.24) is 10.2 Å². The zero-order chi connectivity index (χ0) is 19.6. The molecule has 28 heavy (non-hydrogen) atoms. The normalized spacial score (nSPS) is 21.3. The Bertz CT molecular complexity index is 749. The van der Waals surface area contributed by atoms with Crippen molar-refractivity contribution in [1.29, 1.82) is 0 Å². The summed E-state index contributed by atoms with van der Waals surface area (Å²) in [4.78, 5) is 40.6. The Kier molecular flexibility index (Phi) is 5.24. The molecule has 2 N–H and O–H groups in total. The number of nitrogens with zero attached hydrogens (tertiary/aromatic N) is 2. The van der Waals surface area contributed by atoms with Crippen molar-refractivity contribution < 1.29 is 14.4 Å². The second kappa shape index (κ2) is 7.81. The van der Waals surface area contributed by atoms with Crippen LogP contribution in [0, 0.1) is 0 Å². The molecule has 1 aromatic carbocycles. The highest BCUT2D eigenvalue weighted by Crippen LogP contribution is 2.35. The van der Waals surface area contributed by atoms with Gasteiger partial charge < -0.3 is 15.5 Å². The van der Waals surface area contributed by atoms with E-state index in [1.807, 2.05) is 24.3 Å². The lowest BCUT2D eigenvalue weighted by molar-refractivity contribution is -0.131. The molecule has 1 spiro atoms. The number of amides is 4. The summed E-state index contributed by atoms with van der Waals surface area (Å²) in [7, 11) is 0. The minimum atomic E-state index is -0.710. The van der Waals surface area contributed by atoms with Crippen LogP contribution < -0.4 is 15.5 Å². The Morgan fingerprint density at radius 2 is 1.68 bits per heavy atom. The standard InChI is InChI=1S/C21H28N4O3/c26-18(10-15-25-19(27)21(23-20(25)28)11-2-3-12-21)22-16-6-8-17(9-7-16)24-13-4-1-5-14-24/h6-9H,1-5,10-15H2,(H,22,26)(H,23,28). The second-order valence-electron chi connectivity index (χ2n) is 8.07. The second-order valence-corrected chi connectivity index (χ2v) is 8.07. The van der Waals surface area contributed by atoms with Crippen LogP contribution in [0.4, 0.5) is 16.2 Å². The topological polar surface area (TPSA) is 81.8 Å². The number of nitrogens with one attached hydrogen (secondary N) is 2. The number of hydrogen-bond acceptors (Lipinski definition) is 4. The zero-order valence-corrected chi connectivity index (χ0v) is 16.2. The lowest BCUT2D eigenvalue weighted by Gasteiger charge is -2.28. The number of piperidine rings is 1. The quantitative estimate of drug-likeness (QED) is 0.765. The van der Waals surface area contributed by atoms with Gasteiger partial charge in [-0.05, 0) is 56.4 Å². The highest BCUT2D eigenvalue weighted by molar-refractivity contribution is 6.07. The minimum Gasteiger partial charge on any atom is -0.372 e. The molecule has 1 aromatic rings. The lowest BCUT2D eigenvalue weighted by Crippen LogP contribution is -2.44. The summed E-state index contributed by atoms with van der Waals surface area (Å²) < 4.78 is 0. The number of benzene rings is 1. The summed E-state index contributed by atoms with van der Waals surface area (Å²) in [5.74, 6) is -0.368. The Labute approximate surface area is 165 Å². The molecule has 3 aliphatic rings. The predicted molar refractivity (Wildman–Crippen MR) is 107 cm³/mol. The monoisotopic (exact) mass is 384 g/mol. The van der Waals surface area contributed by atoms with Crippen LogP contribution >= 0.6 is 0 Å². The molecule has 2 heterocycles. The molecule has 0 bridgehead atoms. The van der Waals surface area contributed by atoms with E-state index in [4.69, 9.17) is 0 Å². The average molecular weight is 384 g/mol. The van der Waals surface area contributed by atoms with Crippen molar-refractivity contribution in [3.8, 4) is 0 Å². The van der Waals surface area contributed by atoms with Crippen molar-refractivity contribution in [2.75, 3.05) is 29.9 Å². The predicted octanol–water partition coefficient (Wildman–Crippen LogP) is 2.87. The molecule has 4 amide bonds. The Balaban J connectivity index is 1.28. The zero-order valence-electron chi connectivity index (χ0n) is 16.2. The molecule has 0 radical (unpaired) electrons. The van der Waals surface area contributed by atoms with Crippen LogP contribution in [0.3, 0.4) is 0 Å². The molecule has 1 aliphatic carbocycles. The molecule has 1 saturated carbocycles. The van der Waals surface area contributed by atoms with Crippen molar-refractivity contribution in [2.45, 2.75) is 56.9 Å². The first-order valence-corrected chi connectivity index (χ1v) is 10.4. The van der Waals surface area contributed by atoms with Gasteiger partial charge in [0.25, 0.3) is 5.91 Å². The number of carbonyl (C=O) groups excluding carboxylic acids is 3. The maximum absolute atomic E-state index is 12.6. The van der Waals surface area contributed by atoms with Gasteiger partial charge in [-0.2, -0.15) is 0 Å². The first-order valence-electron chi connectivity index (χ1n) is 10.4. The molecule has 150 valence electrons. The molecule has 3 fully saturated rings. The fraction of sp³-hybridized carbons (Fsp3) is 0.571. The smallest absolute Gasteiger partial charge is 0.325 e. The summed E-state index contributed by atoms with van der Waals surface area (Å²) in [6.07, 6.45) is 7.15. The molecular formula is C21H28N4O3. The Morgan fingerprint density at radius 3 is 2.36 bits per heavy atom. The number of hydrogen-bond donors (Lipinski definition) is 2. The SMILES string of the molecule is O=C(CCN1C(=O)NC2(CCCC2)C1=O)Nc1ccc(N2CCCCC2)cc1. The molecule has 7 heteroatoms. The van der Waals surface area contributed by atoms with Crippen molar-refractivity contribution in [3.05, 3.63) is 24.3 Å². The van der Waals surface area contributed by atoms with Gasteiger partial charge in [-0.25, -0.2) is 4.79 Å². The van der Waals surface area contributed by atoms with Crippen LogP contribution in [0.2, 0.25) is 0 Å². The van der Waals surface area contributed by atoms with E-state index in [0.717, 1.165) is 31.6 Å². The molecule has 7 nitrogen and oxygen atoms in total. The van der Waals surface area contributed by atoms with Gasteiger partial charge in [-0.3, -0.25) is 14.5 Å². The van der Waals surface area contributed by atoms with Gasteiger partial charge in [0.1, 0.15) is 5.54 Å². The third-order valence-electron chi connectivity index (χ3n) is 6.14. The van der Waals surface area contributed by atoms with Crippen LogP contribution in [0.25, 0.3) is 0 Å². The van der Waals surface area contributed by atoms with E-state index in [-0.39, 0.29) is 30.8 Å². The van der Waals surface area contributed by atoms with Gasteiger partial charge in [-0.1, -0.05) is 12.8 Å². The van der Waals surface area contributed by atoms with E-state index in [1.165, 1.54) is 29.8 Å². The molecule has 0 aromatic heterocycles. The summed E-state index contributed by atoms with van der Waals surface area (Å²) in [5, 5.41) is 5.70. The highest BCUT2D eigenvalue weighted by Gasteiger charge is 2.52. The van der Waals surface area contributed by atoms with Crippen LogP contribution in [0.5, 0.6) is 0 Å². The molecule has 0 unspecified atom stereocenters. The molecule has 0 atom stereocenters. The lowest BCUT2D eigenvalue weighted by atomic mass is 9.98. The van der Waals surface area contributed by atoms with Crippen LogP contribution in [0.1, 0.15) is 51.4 Å². The van der Waals surface area contributed by atoms with E-state index in [0.29, 0.717) is 12.8 Å². The summed E-state index contributed by atoms with van der Waals surface area (Å²) in [6.45, 7) is 2.28. The van der Waals surface area contributed by atoms with Gasteiger partial charge in [-0.15, -0.1) is 0 Å². The summed E-state index contributed by atoms with van der Waals surface area (Å²) in [5.41, 5.74) is 1.20. The number of rotatable bonds is 5. The Hall–Kier alpha value is -2.57. The fourth-order valence-corrected chi connectivity index (χ4v) is 4.54. The van der Waals surface area contributed by atoms with Gasteiger partial charge in [0, 0.05) is 37.4 Å². The maximum Gasteiger partial charge on any atom is 0.325 e. The summed E-state index contributed by atoms with van der Waals surface area (Å²) >= 11 is 0. The number of imide groups is 1. The summed E-state index contributed by atoms with van der Waals surface area (Å²) in [6, 6.07) is 7.50. The first-order chi connectivity index (χ1) is 13.6. The van der Waals surface area contributed by atoms with Gasteiger partial charge in [0.15, 0.2) is 0 Å². The van der Waals surface area contributed by atoms with E-state index in [9.17, 15) is 14.4 Å². The van der Waals surface area contributed by atoms with E-state index in [2.05, 4.69) is 15.5 Å². The molecule has 4 rings (SSSR count). The van der Waals surface area contributed by atoms with Gasteiger partial charge in [0.2, 0.25) is 5.91 Å². The first kappa shape index (κ1) is 18.8. The van der Waals surface area contributed by atoms with E-state index >= 15 is 0 Å². The largest absolute Gasteiger partial charge is 0.372 e. The fourth-order valence-electron chi connectivity index (χ4n) is 4.54.